The van der Waals surface area contributed by atoms with E-state index in [9.17, 15) is 9.59 Å². The number of aromatic nitrogens is 3. The van der Waals surface area contributed by atoms with E-state index in [2.05, 4.69) is 15.5 Å². The largest absolute Gasteiger partial charge is 0.481 e. The normalized spacial score (nSPS) is 12.8. The van der Waals surface area contributed by atoms with Crippen LogP contribution in [0.25, 0.3) is 0 Å². The molecule has 106 valence electrons. The predicted molar refractivity (Wildman–Crippen MR) is 65.4 cm³/mol. The lowest BCUT2D eigenvalue weighted by Gasteiger charge is -2.22. The summed E-state index contributed by atoms with van der Waals surface area (Å²) in [5.41, 5.74) is -0.281. The van der Waals surface area contributed by atoms with Crippen LogP contribution in [0.15, 0.2) is 6.20 Å². The molecule has 1 heterocycles. The minimum absolute atomic E-state index is 0.294. The molecule has 0 unspecified atom stereocenters. The van der Waals surface area contributed by atoms with Crippen LogP contribution in [-0.4, -0.2) is 37.8 Å². The van der Waals surface area contributed by atoms with E-state index in [1.54, 1.807) is 27.8 Å². The molecule has 8 heteroatoms. The van der Waals surface area contributed by atoms with Gasteiger partial charge in [0.25, 0.3) is 0 Å². The number of aryl methyl sites for hydroxylation is 1. The van der Waals surface area contributed by atoms with E-state index in [1.807, 2.05) is 0 Å². The number of nitrogens with zero attached hydrogens (tertiary/aromatic N) is 3. The highest BCUT2D eigenvalue weighted by atomic mass is 16.6. The zero-order valence-electron chi connectivity index (χ0n) is 11.4. The van der Waals surface area contributed by atoms with Crippen LogP contribution in [0, 0.1) is 0 Å². The highest BCUT2D eigenvalue weighted by Crippen LogP contribution is 2.15. The Labute approximate surface area is 110 Å². The van der Waals surface area contributed by atoms with Crippen LogP contribution in [0.3, 0.4) is 0 Å². The number of hydrogen-bond donors (Lipinski definition) is 2. The van der Waals surface area contributed by atoms with E-state index < -0.39 is 23.7 Å². The first-order valence-electron chi connectivity index (χ1n) is 5.75. The summed E-state index contributed by atoms with van der Waals surface area (Å²) in [4.78, 5) is 23.8. The molecule has 0 fully saturated rings. The molecular formula is C11H18N4O4. The third kappa shape index (κ3) is 5.36. The van der Waals surface area contributed by atoms with E-state index in [1.165, 1.54) is 11.0 Å². The zero-order chi connectivity index (χ0) is 14.6. The lowest BCUT2D eigenvalue weighted by molar-refractivity contribution is -0.137. The first-order valence-corrected chi connectivity index (χ1v) is 5.75. The van der Waals surface area contributed by atoms with Gasteiger partial charge in [-0.25, -0.2) is 4.79 Å². The van der Waals surface area contributed by atoms with Crippen LogP contribution < -0.4 is 5.32 Å². The van der Waals surface area contributed by atoms with Crippen LogP contribution in [0.2, 0.25) is 0 Å². The van der Waals surface area contributed by atoms with Crippen molar-refractivity contribution in [3.05, 3.63) is 11.9 Å². The van der Waals surface area contributed by atoms with Crippen molar-refractivity contribution in [2.75, 3.05) is 0 Å². The Bertz CT molecular complexity index is 464. The van der Waals surface area contributed by atoms with Crippen LogP contribution in [-0.2, 0) is 16.6 Å². The molecule has 0 aliphatic heterocycles. The molecule has 19 heavy (non-hydrogen) atoms. The van der Waals surface area contributed by atoms with E-state index in [0.29, 0.717) is 5.69 Å². The van der Waals surface area contributed by atoms with Crippen molar-refractivity contribution in [1.29, 1.82) is 0 Å². The van der Waals surface area contributed by atoms with Gasteiger partial charge in [0.05, 0.1) is 18.7 Å². The van der Waals surface area contributed by atoms with Crippen LogP contribution >= 0.6 is 0 Å². The monoisotopic (exact) mass is 270 g/mol. The molecule has 1 amide bonds. The summed E-state index contributed by atoms with van der Waals surface area (Å²) in [6, 6.07) is -0.777. The third-order valence-electron chi connectivity index (χ3n) is 2.04. The van der Waals surface area contributed by atoms with E-state index in [-0.39, 0.29) is 6.42 Å². The van der Waals surface area contributed by atoms with Crippen molar-refractivity contribution in [3.63, 3.8) is 0 Å². The minimum atomic E-state index is -1.05. The molecule has 8 nitrogen and oxygen atoms in total. The fraction of sp³-hybridized carbons (Fsp3) is 0.636. The first kappa shape index (κ1) is 14.9. The highest BCUT2D eigenvalue weighted by molar-refractivity contribution is 5.71. The quantitative estimate of drug-likeness (QED) is 0.840. The van der Waals surface area contributed by atoms with Gasteiger partial charge in [0.1, 0.15) is 11.3 Å². The van der Waals surface area contributed by atoms with Gasteiger partial charge >= 0.3 is 12.1 Å². The van der Waals surface area contributed by atoms with Gasteiger partial charge in [0.15, 0.2) is 0 Å². The maximum atomic E-state index is 11.6. The number of amides is 1. The molecule has 0 saturated carbocycles. The van der Waals surface area contributed by atoms with Gasteiger partial charge in [-0.2, -0.15) is 15.0 Å². The lowest BCUT2D eigenvalue weighted by atomic mass is 10.1. The third-order valence-corrected chi connectivity index (χ3v) is 2.04. The number of carboxylic acid groups (broad SMARTS) is 1. The second-order valence-electron chi connectivity index (χ2n) is 5.06. The van der Waals surface area contributed by atoms with Crippen LogP contribution in [0.1, 0.15) is 38.9 Å². The van der Waals surface area contributed by atoms with Gasteiger partial charge in [0.2, 0.25) is 0 Å². The number of hydrogen-bond acceptors (Lipinski definition) is 5. The summed E-state index contributed by atoms with van der Waals surface area (Å²) in [6.07, 6.45) is 0.424. The molecule has 0 saturated heterocycles. The summed E-state index contributed by atoms with van der Waals surface area (Å²) in [5, 5.41) is 19.2. The number of nitrogens with one attached hydrogen (secondary N) is 1. The molecule has 0 aliphatic rings. The summed E-state index contributed by atoms with van der Waals surface area (Å²) in [7, 11) is 1.61. The zero-order valence-corrected chi connectivity index (χ0v) is 11.4. The van der Waals surface area contributed by atoms with E-state index in [4.69, 9.17) is 9.84 Å². The molecule has 0 spiro atoms. The second kappa shape index (κ2) is 5.68. The van der Waals surface area contributed by atoms with Gasteiger partial charge < -0.3 is 15.2 Å². The van der Waals surface area contributed by atoms with Gasteiger partial charge in [-0.1, -0.05) is 0 Å². The summed E-state index contributed by atoms with van der Waals surface area (Å²) < 4.78 is 5.08. The average Bonchev–Trinajstić information content (AvgIpc) is 2.60. The summed E-state index contributed by atoms with van der Waals surface area (Å²) in [5.74, 6) is -1.05. The number of alkyl carbamates (subject to hydrolysis) is 1. The number of carbonyl (C=O) groups is 2. The highest BCUT2D eigenvalue weighted by Gasteiger charge is 2.24. The molecule has 1 rings (SSSR count). The molecule has 0 aliphatic carbocycles. The smallest absolute Gasteiger partial charge is 0.408 e. The van der Waals surface area contributed by atoms with Crippen molar-refractivity contribution < 1.29 is 19.4 Å². The maximum Gasteiger partial charge on any atom is 0.408 e. The van der Waals surface area contributed by atoms with Gasteiger partial charge in [-0.05, 0) is 20.8 Å². The van der Waals surface area contributed by atoms with Crippen molar-refractivity contribution in [2.45, 2.75) is 38.8 Å². The summed E-state index contributed by atoms with van der Waals surface area (Å²) >= 11 is 0. The number of rotatable bonds is 4. The van der Waals surface area contributed by atoms with Crippen molar-refractivity contribution in [1.82, 2.24) is 20.3 Å². The van der Waals surface area contributed by atoms with Gasteiger partial charge in [0, 0.05) is 7.05 Å². The molecule has 1 atom stereocenters. The van der Waals surface area contributed by atoms with Gasteiger partial charge in [-0.15, -0.1) is 0 Å². The maximum absolute atomic E-state index is 11.6. The standard InChI is InChI=1S/C11H18N4O4/c1-11(2,3)19-10(18)13-7(5-9(16)17)8-6-12-15(4)14-8/h6-7H,5H2,1-4H3,(H,13,18)(H,16,17)/t7-/m0/s1. The molecule has 1 aromatic heterocycles. The Morgan fingerprint density at radius 2 is 2.16 bits per heavy atom. The molecule has 1 aromatic rings. The topological polar surface area (TPSA) is 106 Å². The number of aliphatic carboxylic acids is 1. The Morgan fingerprint density at radius 3 is 2.58 bits per heavy atom. The van der Waals surface area contributed by atoms with Crippen molar-refractivity contribution in [3.8, 4) is 0 Å². The predicted octanol–water partition coefficient (Wildman–Crippen LogP) is 0.856. The Morgan fingerprint density at radius 1 is 1.53 bits per heavy atom. The SMILES string of the molecule is Cn1ncc([C@H](CC(=O)O)NC(=O)OC(C)(C)C)n1. The molecule has 2 N–H and O–H groups in total. The molecule has 0 bridgehead atoms. The first-order chi connectivity index (χ1) is 8.67. The fourth-order valence-electron chi connectivity index (χ4n) is 1.38. The average molecular weight is 270 g/mol. The lowest BCUT2D eigenvalue weighted by Crippen LogP contribution is -2.36. The molecule has 0 aromatic carbocycles. The minimum Gasteiger partial charge on any atom is -0.481 e. The van der Waals surface area contributed by atoms with Crippen molar-refractivity contribution in [2.24, 2.45) is 7.05 Å². The van der Waals surface area contributed by atoms with E-state index in [0.717, 1.165) is 0 Å². The van der Waals surface area contributed by atoms with Crippen LogP contribution in [0.5, 0.6) is 0 Å². The van der Waals surface area contributed by atoms with E-state index >= 15 is 0 Å². The molecular weight excluding hydrogens is 252 g/mol. The van der Waals surface area contributed by atoms with Crippen LogP contribution in [0.4, 0.5) is 4.79 Å². The second-order valence-corrected chi connectivity index (χ2v) is 5.06. The Balaban J connectivity index is 2.76. The fourth-order valence-corrected chi connectivity index (χ4v) is 1.38. The molecule has 0 radical (unpaired) electrons. The Kier molecular flexibility index (Phi) is 4.47. The Hall–Kier alpha value is -2.12. The summed E-state index contributed by atoms with van der Waals surface area (Å²) in [6.45, 7) is 5.17. The van der Waals surface area contributed by atoms with Crippen molar-refractivity contribution >= 4 is 12.1 Å². The number of carbonyl (C=O) groups excluding carboxylic acids is 1. The van der Waals surface area contributed by atoms with Gasteiger partial charge in [-0.3, -0.25) is 4.79 Å². The number of ether oxygens (including phenoxy) is 1. The number of carboxylic acids is 1.